The molecule has 0 aliphatic carbocycles. The Labute approximate surface area is 132 Å². The summed E-state index contributed by atoms with van der Waals surface area (Å²) in [6.07, 6.45) is -1.03. The van der Waals surface area contributed by atoms with Crippen molar-refractivity contribution < 1.29 is 23.4 Å². The number of para-hydroxylation sites is 1. The summed E-state index contributed by atoms with van der Waals surface area (Å²) in [6.45, 7) is -0.0982. The van der Waals surface area contributed by atoms with Gasteiger partial charge in [0.05, 0.1) is 19.6 Å². The number of rotatable bonds is 6. The van der Waals surface area contributed by atoms with E-state index < -0.39 is 17.7 Å². The second-order valence-electron chi connectivity index (χ2n) is 4.98. The van der Waals surface area contributed by atoms with Gasteiger partial charge in [0, 0.05) is 12.1 Å². The highest BCUT2D eigenvalue weighted by Gasteiger charge is 2.13. The summed E-state index contributed by atoms with van der Waals surface area (Å²) in [5.41, 5.74) is 0.913. The van der Waals surface area contributed by atoms with Crippen LogP contribution in [0.25, 0.3) is 0 Å². The molecule has 0 aromatic heterocycles. The van der Waals surface area contributed by atoms with Crippen LogP contribution in [0.3, 0.4) is 0 Å². The van der Waals surface area contributed by atoms with Crippen LogP contribution in [0, 0.1) is 11.6 Å². The molecule has 0 radical (unpaired) electrons. The number of hydrogen-bond donors (Lipinski definition) is 2. The van der Waals surface area contributed by atoms with E-state index in [9.17, 15) is 18.7 Å². The van der Waals surface area contributed by atoms with Gasteiger partial charge in [-0.15, -0.1) is 0 Å². The minimum Gasteiger partial charge on any atom is -0.496 e. The fraction of sp³-hybridized carbons (Fsp3) is 0.235. The molecule has 0 bridgehead atoms. The summed E-state index contributed by atoms with van der Waals surface area (Å²) >= 11 is 0. The van der Waals surface area contributed by atoms with Gasteiger partial charge in [-0.05, 0) is 23.8 Å². The van der Waals surface area contributed by atoms with Gasteiger partial charge in [-0.1, -0.05) is 24.3 Å². The van der Waals surface area contributed by atoms with Crippen molar-refractivity contribution in [2.24, 2.45) is 0 Å². The first kappa shape index (κ1) is 16.9. The summed E-state index contributed by atoms with van der Waals surface area (Å²) in [5.74, 6) is -1.73. The van der Waals surface area contributed by atoms with Crippen LogP contribution in [0.15, 0.2) is 42.5 Å². The summed E-state index contributed by atoms with van der Waals surface area (Å²) in [7, 11) is 1.52. The zero-order valence-electron chi connectivity index (χ0n) is 12.6. The number of aliphatic hydroxyl groups is 1. The fourth-order valence-electron chi connectivity index (χ4n) is 2.13. The fourth-order valence-corrected chi connectivity index (χ4v) is 2.13. The summed E-state index contributed by atoms with van der Waals surface area (Å²) in [5, 5.41) is 12.5. The van der Waals surface area contributed by atoms with Crippen molar-refractivity contribution in [1.29, 1.82) is 0 Å². The molecule has 2 aromatic carbocycles. The number of nitrogens with one attached hydrogen (secondary N) is 1. The standard InChI is InChI=1S/C17H17F2NO3/c1-23-16-5-3-2-4-12(16)9-17(22)20-10-15(21)11-6-7-13(18)14(19)8-11/h2-8,15,21H,9-10H2,1H3,(H,20,22). The number of methoxy groups -OCH3 is 1. The van der Waals surface area contributed by atoms with E-state index in [0.29, 0.717) is 5.75 Å². The number of amides is 1. The second kappa shape index (κ2) is 7.69. The first-order chi connectivity index (χ1) is 11.0. The highest BCUT2D eigenvalue weighted by atomic mass is 19.2. The number of benzene rings is 2. The van der Waals surface area contributed by atoms with E-state index in [1.165, 1.54) is 13.2 Å². The minimum atomic E-state index is -1.12. The third kappa shape index (κ3) is 4.50. The van der Waals surface area contributed by atoms with Crippen LogP contribution < -0.4 is 10.1 Å². The summed E-state index contributed by atoms with van der Waals surface area (Å²) in [4.78, 5) is 11.9. The lowest BCUT2D eigenvalue weighted by atomic mass is 10.1. The highest BCUT2D eigenvalue weighted by molar-refractivity contribution is 5.79. The largest absolute Gasteiger partial charge is 0.496 e. The number of carbonyl (C=O) groups is 1. The molecule has 2 N–H and O–H groups in total. The molecule has 0 saturated heterocycles. The third-order valence-corrected chi connectivity index (χ3v) is 3.36. The second-order valence-corrected chi connectivity index (χ2v) is 4.98. The molecule has 6 heteroatoms. The van der Waals surface area contributed by atoms with E-state index in [2.05, 4.69) is 5.32 Å². The van der Waals surface area contributed by atoms with Crippen LogP contribution in [0.4, 0.5) is 8.78 Å². The van der Waals surface area contributed by atoms with Gasteiger partial charge in [0.1, 0.15) is 5.75 Å². The molecule has 2 rings (SSSR count). The zero-order valence-corrected chi connectivity index (χ0v) is 12.6. The van der Waals surface area contributed by atoms with E-state index in [0.717, 1.165) is 17.7 Å². The van der Waals surface area contributed by atoms with Crippen LogP contribution in [-0.2, 0) is 11.2 Å². The Bertz CT molecular complexity index is 691. The van der Waals surface area contributed by atoms with Crippen LogP contribution in [-0.4, -0.2) is 24.7 Å². The molecular formula is C17H17F2NO3. The first-order valence-electron chi connectivity index (χ1n) is 7.03. The maximum Gasteiger partial charge on any atom is 0.224 e. The van der Waals surface area contributed by atoms with Crippen LogP contribution in [0.5, 0.6) is 5.75 Å². The molecule has 0 heterocycles. The predicted molar refractivity (Wildman–Crippen MR) is 81.0 cm³/mol. The minimum absolute atomic E-state index is 0.0918. The number of halogens is 2. The van der Waals surface area contributed by atoms with Crippen LogP contribution in [0.1, 0.15) is 17.2 Å². The Kier molecular flexibility index (Phi) is 5.65. The quantitative estimate of drug-likeness (QED) is 0.859. The Morgan fingerprint density at radius 1 is 1.22 bits per heavy atom. The van der Waals surface area contributed by atoms with E-state index in [1.54, 1.807) is 24.3 Å². The van der Waals surface area contributed by atoms with Gasteiger partial charge in [-0.25, -0.2) is 8.78 Å². The molecule has 0 aliphatic heterocycles. The van der Waals surface area contributed by atoms with Crippen LogP contribution >= 0.6 is 0 Å². The number of hydrogen-bond acceptors (Lipinski definition) is 3. The van der Waals surface area contributed by atoms with Crippen molar-refractivity contribution in [3.05, 3.63) is 65.2 Å². The van der Waals surface area contributed by atoms with Crippen molar-refractivity contribution in [2.75, 3.05) is 13.7 Å². The van der Waals surface area contributed by atoms with Gasteiger partial charge >= 0.3 is 0 Å². The predicted octanol–water partition coefficient (Wildman–Crippen LogP) is 2.37. The maximum absolute atomic E-state index is 13.1. The molecule has 1 unspecified atom stereocenters. The summed E-state index contributed by atoms with van der Waals surface area (Å²) < 4.78 is 31.1. The van der Waals surface area contributed by atoms with Crippen molar-refractivity contribution in [2.45, 2.75) is 12.5 Å². The van der Waals surface area contributed by atoms with E-state index >= 15 is 0 Å². The van der Waals surface area contributed by atoms with Crippen LogP contribution in [0.2, 0.25) is 0 Å². The molecule has 122 valence electrons. The Morgan fingerprint density at radius 3 is 2.65 bits per heavy atom. The van der Waals surface area contributed by atoms with Gasteiger partial charge in [0.2, 0.25) is 5.91 Å². The zero-order chi connectivity index (χ0) is 16.8. The normalized spacial score (nSPS) is 11.8. The average Bonchev–Trinajstić information content (AvgIpc) is 2.55. The first-order valence-corrected chi connectivity index (χ1v) is 7.03. The van der Waals surface area contributed by atoms with Crippen molar-refractivity contribution in [3.63, 3.8) is 0 Å². The molecule has 0 spiro atoms. The topological polar surface area (TPSA) is 58.6 Å². The Balaban J connectivity index is 1.92. The monoisotopic (exact) mass is 321 g/mol. The smallest absolute Gasteiger partial charge is 0.224 e. The van der Waals surface area contributed by atoms with E-state index in [-0.39, 0.29) is 24.4 Å². The lowest BCUT2D eigenvalue weighted by Gasteiger charge is -2.13. The van der Waals surface area contributed by atoms with Gasteiger partial charge in [-0.3, -0.25) is 4.79 Å². The lowest BCUT2D eigenvalue weighted by Crippen LogP contribution is -2.29. The lowest BCUT2D eigenvalue weighted by molar-refractivity contribution is -0.120. The molecule has 23 heavy (non-hydrogen) atoms. The van der Waals surface area contributed by atoms with Gasteiger partial charge in [0.15, 0.2) is 11.6 Å². The highest BCUT2D eigenvalue weighted by Crippen LogP contribution is 2.18. The molecule has 0 fully saturated rings. The molecule has 1 amide bonds. The van der Waals surface area contributed by atoms with E-state index in [1.807, 2.05) is 0 Å². The molecule has 0 aliphatic rings. The average molecular weight is 321 g/mol. The van der Waals surface area contributed by atoms with Crippen molar-refractivity contribution in [3.8, 4) is 5.75 Å². The molecular weight excluding hydrogens is 304 g/mol. The molecule has 1 atom stereocenters. The molecule has 2 aromatic rings. The van der Waals surface area contributed by atoms with E-state index in [4.69, 9.17) is 4.74 Å². The van der Waals surface area contributed by atoms with Gasteiger partial charge < -0.3 is 15.2 Å². The van der Waals surface area contributed by atoms with Crippen molar-refractivity contribution in [1.82, 2.24) is 5.32 Å². The molecule has 4 nitrogen and oxygen atoms in total. The van der Waals surface area contributed by atoms with Crippen molar-refractivity contribution >= 4 is 5.91 Å². The van der Waals surface area contributed by atoms with Gasteiger partial charge in [0.25, 0.3) is 0 Å². The number of aliphatic hydroxyl groups excluding tert-OH is 1. The van der Waals surface area contributed by atoms with Gasteiger partial charge in [-0.2, -0.15) is 0 Å². The number of ether oxygens (including phenoxy) is 1. The number of carbonyl (C=O) groups excluding carboxylic acids is 1. The Hall–Kier alpha value is -2.47. The maximum atomic E-state index is 13.1. The summed E-state index contributed by atoms with van der Waals surface area (Å²) in [6, 6.07) is 10.2. The SMILES string of the molecule is COc1ccccc1CC(=O)NCC(O)c1ccc(F)c(F)c1. The Morgan fingerprint density at radius 2 is 1.96 bits per heavy atom. The molecule has 0 saturated carbocycles. The third-order valence-electron chi connectivity index (χ3n) is 3.36.